The van der Waals surface area contributed by atoms with E-state index >= 15 is 0 Å². The molecule has 1 aromatic rings. The van der Waals surface area contributed by atoms with Gasteiger partial charge in [-0.05, 0) is 23.5 Å². The van der Waals surface area contributed by atoms with E-state index in [4.69, 9.17) is 10.6 Å². The summed E-state index contributed by atoms with van der Waals surface area (Å²) >= 11 is 0. The van der Waals surface area contributed by atoms with Crippen molar-refractivity contribution in [1.82, 2.24) is 5.48 Å². The summed E-state index contributed by atoms with van der Waals surface area (Å²) in [5, 5.41) is 0. The third-order valence-electron chi connectivity index (χ3n) is 2.75. The van der Waals surface area contributed by atoms with E-state index in [-0.39, 0.29) is 18.1 Å². The molecule has 1 atom stereocenters. The van der Waals surface area contributed by atoms with Crippen molar-refractivity contribution in [3.63, 3.8) is 0 Å². The molecule has 1 aromatic carbocycles. The molecule has 0 bridgehead atoms. The number of benzene rings is 1. The lowest BCUT2D eigenvalue weighted by atomic mass is 9.86. The van der Waals surface area contributed by atoms with Crippen LogP contribution >= 0.6 is 0 Å². The summed E-state index contributed by atoms with van der Waals surface area (Å²) in [5.74, 6) is -0.488. The number of hydrogen-bond acceptors (Lipinski definition) is 3. The first-order valence-corrected chi connectivity index (χ1v) is 6.07. The fourth-order valence-electron chi connectivity index (χ4n) is 1.58. The largest absolute Gasteiger partial charge is 0.368 e. The summed E-state index contributed by atoms with van der Waals surface area (Å²) < 4.78 is 0. The van der Waals surface area contributed by atoms with Gasteiger partial charge in [-0.2, -0.15) is 5.48 Å². The molecule has 1 rings (SSSR count). The Kier molecular flexibility index (Phi) is 4.87. The van der Waals surface area contributed by atoms with Gasteiger partial charge in [0.1, 0.15) is 6.61 Å². The number of nitrogens with two attached hydrogens (primary N) is 1. The molecule has 0 spiro atoms. The van der Waals surface area contributed by atoms with Crippen molar-refractivity contribution in [2.45, 2.75) is 39.2 Å². The molecule has 0 aliphatic rings. The van der Waals surface area contributed by atoms with Crippen molar-refractivity contribution >= 4 is 5.91 Å². The molecule has 3 N–H and O–H groups in total. The predicted molar refractivity (Wildman–Crippen MR) is 71.8 cm³/mol. The second kappa shape index (κ2) is 5.98. The van der Waals surface area contributed by atoms with Gasteiger partial charge in [0.25, 0.3) is 0 Å². The van der Waals surface area contributed by atoms with E-state index in [0.29, 0.717) is 0 Å². The van der Waals surface area contributed by atoms with E-state index in [1.807, 2.05) is 6.92 Å². The molecule has 0 heterocycles. The highest BCUT2D eigenvalue weighted by Gasteiger charge is 2.14. The van der Waals surface area contributed by atoms with Crippen LogP contribution in [-0.4, -0.2) is 12.5 Å². The van der Waals surface area contributed by atoms with Gasteiger partial charge in [-0.25, -0.2) is 0 Å². The number of hydroxylamine groups is 1. The van der Waals surface area contributed by atoms with Crippen molar-refractivity contribution in [3.8, 4) is 0 Å². The molecule has 4 heteroatoms. The standard InChI is InChI=1S/C14H22N2O2/c1-10(16-18-9-13(15)17)11-5-7-12(8-6-11)14(2,3)4/h5-8,10,16H,9H2,1-4H3,(H2,15,17). The molecule has 0 saturated heterocycles. The van der Waals surface area contributed by atoms with Crippen LogP contribution in [0.5, 0.6) is 0 Å². The highest BCUT2D eigenvalue weighted by Crippen LogP contribution is 2.23. The first kappa shape index (κ1) is 14.7. The van der Waals surface area contributed by atoms with Crippen LogP contribution in [-0.2, 0) is 15.0 Å². The minimum Gasteiger partial charge on any atom is -0.368 e. The Bertz CT molecular complexity index is 393. The molecule has 0 aliphatic carbocycles. The van der Waals surface area contributed by atoms with Crippen LogP contribution < -0.4 is 11.2 Å². The summed E-state index contributed by atoms with van der Waals surface area (Å²) in [6, 6.07) is 8.36. The molecule has 100 valence electrons. The lowest BCUT2D eigenvalue weighted by Gasteiger charge is -2.20. The first-order chi connectivity index (χ1) is 8.30. The summed E-state index contributed by atoms with van der Waals surface area (Å²) in [5.41, 5.74) is 10.3. The zero-order chi connectivity index (χ0) is 13.8. The second-order valence-electron chi connectivity index (χ2n) is 5.47. The Labute approximate surface area is 108 Å². The lowest BCUT2D eigenvalue weighted by molar-refractivity contribution is -0.126. The number of amides is 1. The smallest absolute Gasteiger partial charge is 0.245 e. The van der Waals surface area contributed by atoms with Crippen molar-refractivity contribution in [2.24, 2.45) is 5.73 Å². The summed E-state index contributed by atoms with van der Waals surface area (Å²) in [7, 11) is 0. The average molecular weight is 250 g/mol. The molecule has 0 radical (unpaired) electrons. The van der Waals surface area contributed by atoms with Crippen LogP contribution in [0.4, 0.5) is 0 Å². The zero-order valence-corrected chi connectivity index (χ0v) is 11.5. The highest BCUT2D eigenvalue weighted by molar-refractivity contribution is 5.74. The van der Waals surface area contributed by atoms with Crippen LogP contribution in [0.2, 0.25) is 0 Å². The van der Waals surface area contributed by atoms with Gasteiger partial charge in [0.15, 0.2) is 0 Å². The highest BCUT2D eigenvalue weighted by atomic mass is 16.6. The van der Waals surface area contributed by atoms with Crippen molar-refractivity contribution in [1.29, 1.82) is 0 Å². The molecule has 0 aliphatic heterocycles. The van der Waals surface area contributed by atoms with Crippen LogP contribution in [0, 0.1) is 0 Å². The molecule has 1 amide bonds. The van der Waals surface area contributed by atoms with Gasteiger partial charge < -0.3 is 5.73 Å². The Balaban J connectivity index is 2.59. The Morgan fingerprint density at radius 2 is 1.89 bits per heavy atom. The maximum Gasteiger partial charge on any atom is 0.245 e. The van der Waals surface area contributed by atoms with Gasteiger partial charge in [-0.3, -0.25) is 9.63 Å². The third-order valence-corrected chi connectivity index (χ3v) is 2.75. The second-order valence-corrected chi connectivity index (χ2v) is 5.47. The number of carbonyl (C=O) groups is 1. The van der Waals surface area contributed by atoms with Crippen LogP contribution in [0.1, 0.15) is 44.9 Å². The Morgan fingerprint density at radius 1 is 1.33 bits per heavy atom. The maximum absolute atomic E-state index is 10.5. The molecule has 0 aromatic heterocycles. The van der Waals surface area contributed by atoms with Gasteiger partial charge in [-0.15, -0.1) is 0 Å². The van der Waals surface area contributed by atoms with Gasteiger partial charge in [-0.1, -0.05) is 45.0 Å². The predicted octanol–water partition coefficient (Wildman–Crippen LogP) is 2.05. The SMILES string of the molecule is CC(NOCC(N)=O)c1ccc(C(C)(C)C)cc1. The summed E-state index contributed by atoms with van der Waals surface area (Å²) in [4.78, 5) is 15.5. The van der Waals surface area contributed by atoms with Gasteiger partial charge >= 0.3 is 0 Å². The molecule has 1 unspecified atom stereocenters. The molecule has 0 saturated carbocycles. The summed E-state index contributed by atoms with van der Waals surface area (Å²) in [6.07, 6.45) is 0. The number of carbonyl (C=O) groups excluding carboxylic acids is 1. The maximum atomic E-state index is 10.5. The quantitative estimate of drug-likeness (QED) is 0.786. The lowest BCUT2D eigenvalue weighted by Crippen LogP contribution is -2.26. The van der Waals surface area contributed by atoms with Crippen molar-refractivity contribution in [3.05, 3.63) is 35.4 Å². The zero-order valence-electron chi connectivity index (χ0n) is 11.5. The minimum absolute atomic E-state index is 0.0124. The summed E-state index contributed by atoms with van der Waals surface area (Å²) in [6.45, 7) is 8.39. The number of hydrogen-bond donors (Lipinski definition) is 2. The van der Waals surface area contributed by atoms with Gasteiger partial charge in [0.05, 0.1) is 6.04 Å². The average Bonchev–Trinajstić information content (AvgIpc) is 2.27. The van der Waals surface area contributed by atoms with Crippen molar-refractivity contribution in [2.75, 3.05) is 6.61 Å². The van der Waals surface area contributed by atoms with Crippen LogP contribution in [0.3, 0.4) is 0 Å². The fraction of sp³-hybridized carbons (Fsp3) is 0.500. The van der Waals surface area contributed by atoms with Gasteiger partial charge in [0, 0.05) is 0 Å². The Hall–Kier alpha value is -1.39. The van der Waals surface area contributed by atoms with Crippen LogP contribution in [0.15, 0.2) is 24.3 Å². The third kappa shape index (κ3) is 4.47. The number of primary amides is 1. The van der Waals surface area contributed by atoms with Crippen molar-refractivity contribution < 1.29 is 9.63 Å². The minimum atomic E-state index is -0.488. The first-order valence-electron chi connectivity index (χ1n) is 6.07. The normalized spacial score (nSPS) is 13.3. The number of nitrogens with one attached hydrogen (secondary N) is 1. The van der Waals surface area contributed by atoms with E-state index < -0.39 is 5.91 Å². The van der Waals surface area contributed by atoms with Gasteiger partial charge in [0.2, 0.25) is 5.91 Å². The Morgan fingerprint density at radius 3 is 2.33 bits per heavy atom. The number of rotatable bonds is 5. The molecular formula is C14H22N2O2. The van der Waals surface area contributed by atoms with E-state index in [2.05, 4.69) is 50.5 Å². The fourth-order valence-corrected chi connectivity index (χ4v) is 1.58. The van der Waals surface area contributed by atoms with E-state index in [1.54, 1.807) is 0 Å². The van der Waals surface area contributed by atoms with E-state index in [0.717, 1.165) is 5.56 Å². The van der Waals surface area contributed by atoms with E-state index in [9.17, 15) is 4.79 Å². The molecule has 4 nitrogen and oxygen atoms in total. The van der Waals surface area contributed by atoms with Crippen LogP contribution in [0.25, 0.3) is 0 Å². The monoisotopic (exact) mass is 250 g/mol. The molecule has 18 heavy (non-hydrogen) atoms. The van der Waals surface area contributed by atoms with E-state index in [1.165, 1.54) is 5.56 Å². The molecule has 0 fully saturated rings. The molecular weight excluding hydrogens is 228 g/mol. The topological polar surface area (TPSA) is 64.3 Å².